The van der Waals surface area contributed by atoms with E-state index in [0.717, 1.165) is 16.7 Å². The van der Waals surface area contributed by atoms with Gasteiger partial charge in [-0.05, 0) is 63.4 Å². The number of benzene rings is 3. The van der Waals surface area contributed by atoms with Crippen molar-refractivity contribution < 1.29 is 18.0 Å². The number of para-hydroxylation sites is 1. The van der Waals surface area contributed by atoms with E-state index in [2.05, 4.69) is 5.32 Å². The van der Waals surface area contributed by atoms with Crippen molar-refractivity contribution in [1.29, 1.82) is 0 Å². The predicted octanol–water partition coefficient (Wildman–Crippen LogP) is 4.69. The van der Waals surface area contributed by atoms with Gasteiger partial charge >= 0.3 is 0 Å². The first-order valence-electron chi connectivity index (χ1n) is 12.9. The van der Waals surface area contributed by atoms with Crippen LogP contribution in [0.1, 0.15) is 44.4 Å². The largest absolute Gasteiger partial charge is 0.352 e. The first kappa shape index (κ1) is 28.9. The second kappa shape index (κ2) is 12.7. The van der Waals surface area contributed by atoms with Gasteiger partial charge in [0, 0.05) is 12.6 Å². The maximum atomic E-state index is 13.9. The maximum absolute atomic E-state index is 13.9. The van der Waals surface area contributed by atoms with E-state index in [0.29, 0.717) is 12.1 Å². The van der Waals surface area contributed by atoms with E-state index >= 15 is 0 Å². The van der Waals surface area contributed by atoms with Gasteiger partial charge in [0.2, 0.25) is 11.8 Å². The second-order valence-corrected chi connectivity index (χ2v) is 11.5. The van der Waals surface area contributed by atoms with E-state index in [9.17, 15) is 18.0 Å². The Bertz CT molecular complexity index is 1340. The minimum atomic E-state index is -4.07. The van der Waals surface area contributed by atoms with Gasteiger partial charge in [-0.2, -0.15) is 0 Å². The first-order valence-corrected chi connectivity index (χ1v) is 14.3. The first-order chi connectivity index (χ1) is 18.0. The van der Waals surface area contributed by atoms with Crippen molar-refractivity contribution in [2.75, 3.05) is 10.8 Å². The number of hydrogen-bond acceptors (Lipinski definition) is 4. The Labute approximate surface area is 226 Å². The number of sulfonamides is 1. The Balaban J connectivity index is 2.05. The molecule has 3 aromatic rings. The van der Waals surface area contributed by atoms with Gasteiger partial charge in [-0.1, -0.05) is 73.2 Å². The van der Waals surface area contributed by atoms with Gasteiger partial charge in [0.25, 0.3) is 10.0 Å². The van der Waals surface area contributed by atoms with Gasteiger partial charge in [0.05, 0.1) is 10.6 Å². The van der Waals surface area contributed by atoms with Crippen molar-refractivity contribution in [2.24, 2.45) is 0 Å². The Kier molecular flexibility index (Phi) is 9.69. The fraction of sp³-hybridized carbons (Fsp3) is 0.333. The zero-order chi connectivity index (χ0) is 27.9. The molecule has 38 heavy (non-hydrogen) atoms. The Morgan fingerprint density at radius 1 is 0.868 bits per heavy atom. The van der Waals surface area contributed by atoms with E-state index in [-0.39, 0.29) is 23.4 Å². The lowest BCUT2D eigenvalue weighted by molar-refractivity contribution is -0.139. The lowest BCUT2D eigenvalue weighted by Gasteiger charge is -2.33. The molecule has 0 heterocycles. The third-order valence-electron chi connectivity index (χ3n) is 6.32. The Morgan fingerprint density at radius 2 is 1.47 bits per heavy atom. The summed E-state index contributed by atoms with van der Waals surface area (Å²) in [5.41, 5.74) is 3.17. The lowest BCUT2D eigenvalue weighted by atomic mass is 10.1. The number of anilines is 1. The molecule has 1 atom stereocenters. The predicted molar refractivity (Wildman–Crippen MR) is 151 cm³/mol. The number of nitrogens with zero attached hydrogens (tertiary/aromatic N) is 2. The molecule has 202 valence electrons. The van der Waals surface area contributed by atoms with Gasteiger partial charge < -0.3 is 10.2 Å². The van der Waals surface area contributed by atoms with Crippen molar-refractivity contribution in [3.05, 3.63) is 95.6 Å². The van der Waals surface area contributed by atoms with E-state index < -0.39 is 28.5 Å². The van der Waals surface area contributed by atoms with Crippen molar-refractivity contribution in [3.8, 4) is 0 Å². The van der Waals surface area contributed by atoms with Gasteiger partial charge in [0.15, 0.2) is 0 Å². The number of amides is 2. The van der Waals surface area contributed by atoms with Crippen LogP contribution in [0, 0.1) is 6.92 Å². The third kappa shape index (κ3) is 7.01. The van der Waals surface area contributed by atoms with Gasteiger partial charge in [0.1, 0.15) is 12.6 Å². The molecular formula is C30H37N3O4S. The van der Waals surface area contributed by atoms with Crippen LogP contribution in [0.3, 0.4) is 0 Å². The SMILES string of the molecule is CCc1ccccc1N(CC(=O)N(Cc1ccc(C)cc1)C(C)C(=O)NC(C)C)S(=O)(=O)c1ccccc1. The number of carbonyl (C=O) groups is 2. The van der Waals surface area contributed by atoms with Gasteiger partial charge in [-0.15, -0.1) is 0 Å². The number of aryl methyl sites for hydroxylation is 2. The molecule has 3 aromatic carbocycles. The smallest absolute Gasteiger partial charge is 0.264 e. The molecule has 0 aliphatic carbocycles. The maximum Gasteiger partial charge on any atom is 0.264 e. The molecule has 0 aliphatic heterocycles. The molecule has 7 nitrogen and oxygen atoms in total. The fourth-order valence-electron chi connectivity index (χ4n) is 4.16. The Morgan fingerprint density at radius 3 is 2.08 bits per heavy atom. The fourth-order valence-corrected chi connectivity index (χ4v) is 5.64. The Hall–Kier alpha value is -3.65. The monoisotopic (exact) mass is 535 g/mol. The van der Waals surface area contributed by atoms with Crippen LogP contribution in [0.2, 0.25) is 0 Å². The van der Waals surface area contributed by atoms with Crippen molar-refractivity contribution in [2.45, 2.75) is 64.6 Å². The molecule has 3 rings (SSSR count). The molecular weight excluding hydrogens is 498 g/mol. The topological polar surface area (TPSA) is 86.8 Å². The quantitative estimate of drug-likeness (QED) is 0.386. The summed E-state index contributed by atoms with van der Waals surface area (Å²) in [6.07, 6.45) is 0.589. The average molecular weight is 536 g/mol. The highest BCUT2D eigenvalue weighted by Gasteiger charge is 2.33. The van der Waals surface area contributed by atoms with Gasteiger partial charge in [-0.3, -0.25) is 13.9 Å². The summed E-state index contributed by atoms with van der Waals surface area (Å²) in [5.74, 6) is -0.769. The van der Waals surface area contributed by atoms with Crippen LogP contribution in [0.4, 0.5) is 5.69 Å². The van der Waals surface area contributed by atoms with Crippen LogP contribution < -0.4 is 9.62 Å². The number of nitrogens with one attached hydrogen (secondary N) is 1. The molecule has 0 saturated heterocycles. The molecule has 0 spiro atoms. The molecule has 1 N–H and O–H groups in total. The number of carbonyl (C=O) groups excluding carboxylic acids is 2. The molecule has 0 aromatic heterocycles. The molecule has 0 fully saturated rings. The average Bonchev–Trinajstić information content (AvgIpc) is 2.90. The molecule has 0 aliphatic rings. The molecule has 1 unspecified atom stereocenters. The van der Waals surface area contributed by atoms with Gasteiger partial charge in [-0.25, -0.2) is 8.42 Å². The van der Waals surface area contributed by atoms with Crippen LogP contribution in [-0.2, 0) is 32.6 Å². The summed E-state index contributed by atoms with van der Waals surface area (Å²) < 4.78 is 28.9. The molecule has 0 radical (unpaired) electrons. The minimum absolute atomic E-state index is 0.0920. The van der Waals surface area contributed by atoms with Crippen molar-refractivity contribution in [1.82, 2.24) is 10.2 Å². The summed E-state index contributed by atoms with van der Waals surface area (Å²) in [7, 11) is -4.07. The van der Waals surface area contributed by atoms with Crippen LogP contribution in [0.5, 0.6) is 0 Å². The minimum Gasteiger partial charge on any atom is -0.352 e. The highest BCUT2D eigenvalue weighted by Crippen LogP contribution is 2.28. The highest BCUT2D eigenvalue weighted by molar-refractivity contribution is 7.92. The van der Waals surface area contributed by atoms with E-state index in [1.165, 1.54) is 21.3 Å². The summed E-state index contributed by atoms with van der Waals surface area (Å²) in [6.45, 7) is 9.01. The van der Waals surface area contributed by atoms with Crippen LogP contribution in [0.25, 0.3) is 0 Å². The molecule has 0 bridgehead atoms. The summed E-state index contributed by atoms with van der Waals surface area (Å²) in [6, 6.07) is 22.1. The normalized spacial score (nSPS) is 12.2. The van der Waals surface area contributed by atoms with E-state index in [1.54, 1.807) is 37.3 Å². The van der Waals surface area contributed by atoms with Crippen LogP contribution in [0.15, 0.2) is 83.8 Å². The number of rotatable bonds is 11. The van der Waals surface area contributed by atoms with Crippen molar-refractivity contribution in [3.63, 3.8) is 0 Å². The number of hydrogen-bond donors (Lipinski definition) is 1. The standard InChI is InChI=1S/C30H37N3O4S/c1-6-26-12-10-11-15-28(26)33(38(36,37)27-13-8-7-9-14-27)21-29(34)32(24(5)30(35)31-22(2)3)20-25-18-16-23(4)17-19-25/h7-19,22,24H,6,20-21H2,1-5H3,(H,31,35). The molecule has 2 amide bonds. The summed E-state index contributed by atoms with van der Waals surface area (Å²) in [5, 5.41) is 2.87. The highest BCUT2D eigenvalue weighted by atomic mass is 32.2. The zero-order valence-electron chi connectivity index (χ0n) is 22.7. The van der Waals surface area contributed by atoms with E-state index in [4.69, 9.17) is 0 Å². The second-order valence-electron chi connectivity index (χ2n) is 9.65. The van der Waals surface area contributed by atoms with Crippen LogP contribution in [-0.4, -0.2) is 43.8 Å². The van der Waals surface area contributed by atoms with E-state index in [1.807, 2.05) is 64.1 Å². The lowest BCUT2D eigenvalue weighted by Crippen LogP contribution is -2.52. The summed E-state index contributed by atoms with van der Waals surface area (Å²) >= 11 is 0. The summed E-state index contributed by atoms with van der Waals surface area (Å²) in [4.78, 5) is 28.5. The zero-order valence-corrected chi connectivity index (χ0v) is 23.5. The third-order valence-corrected chi connectivity index (χ3v) is 8.10. The molecule has 0 saturated carbocycles. The van der Waals surface area contributed by atoms with Crippen molar-refractivity contribution >= 4 is 27.5 Å². The van der Waals surface area contributed by atoms with Crippen LogP contribution >= 0.6 is 0 Å². The molecule has 8 heteroatoms.